The number of allylic oxidation sites excluding steroid dienone is 1. The number of anilines is 1. The maximum Gasteiger partial charge on any atom is 0.417 e. The van der Waals surface area contributed by atoms with Gasteiger partial charge in [-0.1, -0.05) is 72.6 Å². The first kappa shape index (κ1) is 50.9. The van der Waals surface area contributed by atoms with Crippen molar-refractivity contribution in [3.05, 3.63) is 149 Å². The summed E-state index contributed by atoms with van der Waals surface area (Å²) in [7, 11) is 4.48. The SMILES string of the molecule is C=CCO[C@@]12Oc3ccc(OC(=O)Nc4ccc(OC)cc4OC)cc3[C@H]3[C@H](CCCCO)[C@@H](CCCCO)C=C(C(=NOC)C[C@@H]1N(Cc1cccc4ccccc14)C(=O)Oc1ccc([N+](=O)[O-])cc1)[C@H]32. The van der Waals surface area contributed by atoms with E-state index in [1.165, 1.54) is 45.6 Å². The van der Waals surface area contributed by atoms with E-state index in [1.807, 2.05) is 48.5 Å². The Balaban J connectivity index is 1.30. The number of nitrogens with zero attached hydrogens (tertiary/aromatic N) is 3. The summed E-state index contributed by atoms with van der Waals surface area (Å²) in [4.78, 5) is 47.2. The number of oxime groups is 1. The molecular formula is C55H60N4O13. The number of carbonyl (C=O) groups excluding carboxylic acids is 2. The normalized spacial score (nSPS) is 21.3. The molecule has 0 saturated heterocycles. The van der Waals surface area contributed by atoms with Crippen LogP contribution in [-0.4, -0.2) is 90.9 Å². The number of aliphatic hydroxyl groups is 2. The quantitative estimate of drug-likeness (QED) is 0.0271. The second-order valence-electron chi connectivity index (χ2n) is 17.9. The summed E-state index contributed by atoms with van der Waals surface area (Å²) in [6.45, 7) is 4.07. The van der Waals surface area contributed by atoms with Gasteiger partial charge in [0.15, 0.2) is 0 Å². The lowest BCUT2D eigenvalue weighted by molar-refractivity contribution is -0.384. The van der Waals surface area contributed by atoms with Gasteiger partial charge in [0.2, 0.25) is 5.79 Å². The van der Waals surface area contributed by atoms with E-state index in [1.54, 1.807) is 41.3 Å². The van der Waals surface area contributed by atoms with Crippen molar-refractivity contribution in [3.8, 4) is 28.7 Å². The van der Waals surface area contributed by atoms with E-state index in [9.17, 15) is 25.1 Å². The molecule has 5 aromatic rings. The van der Waals surface area contributed by atoms with E-state index in [0.717, 1.165) is 33.9 Å². The fourth-order valence-electron chi connectivity index (χ4n) is 10.7. The van der Waals surface area contributed by atoms with Gasteiger partial charge in [-0.15, -0.1) is 6.58 Å². The largest absolute Gasteiger partial charge is 0.497 e. The summed E-state index contributed by atoms with van der Waals surface area (Å²) in [5.74, 6) is -1.36. The number of nitrogens with one attached hydrogen (secondary N) is 1. The Kier molecular flexibility index (Phi) is 16.4. The molecule has 3 aliphatic rings. The summed E-state index contributed by atoms with van der Waals surface area (Å²) in [6.07, 6.45) is 6.31. The van der Waals surface area contributed by atoms with Gasteiger partial charge in [0.1, 0.15) is 41.9 Å². The van der Waals surface area contributed by atoms with Crippen LogP contribution in [0, 0.1) is 27.9 Å². The highest BCUT2D eigenvalue weighted by atomic mass is 16.7. The Morgan fingerprint density at radius 2 is 1.62 bits per heavy atom. The zero-order valence-electron chi connectivity index (χ0n) is 40.6. The molecule has 3 N–H and O–H groups in total. The van der Waals surface area contributed by atoms with Crippen LogP contribution in [0.2, 0.25) is 0 Å². The molecule has 1 saturated carbocycles. The summed E-state index contributed by atoms with van der Waals surface area (Å²) >= 11 is 0. The fourth-order valence-corrected chi connectivity index (χ4v) is 10.7. The first-order chi connectivity index (χ1) is 35.1. The number of benzene rings is 5. The third-order valence-electron chi connectivity index (χ3n) is 13.8. The van der Waals surface area contributed by atoms with Crippen molar-refractivity contribution in [2.24, 2.45) is 22.9 Å². The van der Waals surface area contributed by atoms with E-state index in [4.69, 9.17) is 33.3 Å². The monoisotopic (exact) mass is 984 g/mol. The molecule has 72 heavy (non-hydrogen) atoms. The number of nitro groups is 1. The third kappa shape index (κ3) is 10.7. The highest BCUT2D eigenvalue weighted by Gasteiger charge is 2.66. The molecular weight excluding hydrogens is 925 g/mol. The molecule has 378 valence electrons. The number of aliphatic hydroxyl groups excluding tert-OH is 2. The molecule has 0 bridgehead atoms. The van der Waals surface area contributed by atoms with E-state index in [0.29, 0.717) is 60.8 Å². The minimum Gasteiger partial charge on any atom is -0.497 e. The van der Waals surface area contributed by atoms with Crippen LogP contribution in [0.5, 0.6) is 28.7 Å². The Labute approximate surface area is 417 Å². The lowest BCUT2D eigenvalue weighted by atomic mass is 9.55. The predicted octanol–water partition coefficient (Wildman–Crippen LogP) is 10.3. The molecule has 0 unspecified atom stereocenters. The Morgan fingerprint density at radius 1 is 0.889 bits per heavy atom. The summed E-state index contributed by atoms with van der Waals surface area (Å²) in [5, 5.41) is 40.9. The van der Waals surface area contributed by atoms with Crippen LogP contribution in [0.3, 0.4) is 0 Å². The van der Waals surface area contributed by atoms with E-state index in [2.05, 4.69) is 23.1 Å². The fraction of sp³-hybridized carbons (Fsp3) is 0.364. The summed E-state index contributed by atoms with van der Waals surface area (Å²) < 4.78 is 37.5. The molecule has 2 amide bonds. The van der Waals surface area contributed by atoms with Gasteiger partial charge >= 0.3 is 12.2 Å². The number of nitro benzene ring substituents is 1. The zero-order chi connectivity index (χ0) is 50.8. The second kappa shape index (κ2) is 23.2. The van der Waals surface area contributed by atoms with E-state index in [-0.39, 0.29) is 61.8 Å². The van der Waals surface area contributed by atoms with Gasteiger partial charge in [-0.3, -0.25) is 20.3 Å². The maximum atomic E-state index is 15.2. The number of hydrogen-bond donors (Lipinski definition) is 3. The van der Waals surface area contributed by atoms with Gasteiger partial charge in [0.25, 0.3) is 5.69 Å². The molecule has 6 atom stereocenters. The van der Waals surface area contributed by atoms with Crippen molar-refractivity contribution in [3.63, 3.8) is 0 Å². The number of methoxy groups -OCH3 is 2. The lowest BCUT2D eigenvalue weighted by Gasteiger charge is -2.59. The third-order valence-corrected chi connectivity index (χ3v) is 13.8. The highest BCUT2D eigenvalue weighted by Crippen LogP contribution is 2.62. The Hall–Kier alpha value is -7.47. The number of rotatable bonds is 21. The Bertz CT molecular complexity index is 2810. The van der Waals surface area contributed by atoms with Gasteiger partial charge in [-0.25, -0.2) is 9.59 Å². The van der Waals surface area contributed by atoms with Crippen molar-refractivity contribution in [2.75, 3.05) is 46.5 Å². The van der Waals surface area contributed by atoms with Crippen LogP contribution >= 0.6 is 0 Å². The average Bonchev–Trinajstić information content (AvgIpc) is 3.39. The number of non-ortho nitro benzene ring substituents is 1. The van der Waals surface area contributed by atoms with Crippen LogP contribution in [0.1, 0.15) is 62.0 Å². The van der Waals surface area contributed by atoms with Gasteiger partial charge in [0, 0.05) is 49.3 Å². The molecule has 5 aromatic carbocycles. The second-order valence-corrected chi connectivity index (χ2v) is 17.9. The molecule has 0 spiro atoms. The van der Waals surface area contributed by atoms with Crippen LogP contribution in [0.25, 0.3) is 10.8 Å². The van der Waals surface area contributed by atoms with Crippen LogP contribution in [0.15, 0.2) is 133 Å². The molecule has 1 aliphatic heterocycles. The minimum absolute atomic E-state index is 0.00195. The van der Waals surface area contributed by atoms with Crippen LogP contribution < -0.4 is 29.0 Å². The highest BCUT2D eigenvalue weighted by molar-refractivity contribution is 6.03. The average molecular weight is 985 g/mol. The van der Waals surface area contributed by atoms with E-state index >= 15 is 4.79 Å². The number of hydrogen-bond acceptors (Lipinski definition) is 14. The number of unbranched alkanes of at least 4 members (excludes halogenated alkanes) is 2. The van der Waals surface area contributed by atoms with Gasteiger partial charge in [-0.05, 0) is 102 Å². The minimum atomic E-state index is -1.67. The van der Waals surface area contributed by atoms with Crippen LogP contribution in [-0.2, 0) is 16.1 Å². The van der Waals surface area contributed by atoms with Gasteiger partial charge < -0.3 is 43.5 Å². The van der Waals surface area contributed by atoms with Crippen molar-refractivity contribution in [1.82, 2.24) is 4.90 Å². The number of ether oxygens (including phenoxy) is 6. The molecule has 1 fully saturated rings. The molecule has 8 rings (SSSR count). The van der Waals surface area contributed by atoms with Crippen LogP contribution in [0.4, 0.5) is 21.0 Å². The lowest BCUT2D eigenvalue weighted by Crippen LogP contribution is -2.70. The standard InChI is InChI=1S/C55H60N4O13/c1-5-29-69-55-50(58(34-37-16-12-15-35-13-6-7-17-42(35)37)54(63)71-39-21-19-38(20-22-39)59(64)65)33-47(57-68-4)44-30-36(14-8-10-27-60)43(18-9-11-28-61)51(52(44)55)45-31-41(24-26-48(45)72-55)70-53(62)56-46-25-23-40(66-2)32-49(46)67-3/h5-7,12-13,15-17,19-26,30-32,36,43,50-52,60-61H,1,8-11,14,18,27-29,33-34H2,2-4H3,(H,56,62)/t36-,43+,50-,51+,52+,55+/m0/s1. The van der Waals surface area contributed by atoms with Crippen molar-refractivity contribution in [2.45, 2.75) is 69.2 Å². The summed E-state index contributed by atoms with van der Waals surface area (Å²) in [5.41, 5.74) is 3.07. The summed E-state index contributed by atoms with van der Waals surface area (Å²) in [6, 6.07) is 28.2. The zero-order valence-corrected chi connectivity index (χ0v) is 40.6. The van der Waals surface area contributed by atoms with E-state index < -0.39 is 40.8 Å². The molecule has 0 radical (unpaired) electrons. The molecule has 17 heteroatoms. The molecule has 17 nitrogen and oxygen atoms in total. The van der Waals surface area contributed by atoms with Crippen molar-refractivity contribution < 1.29 is 58.0 Å². The van der Waals surface area contributed by atoms with Gasteiger partial charge in [-0.2, -0.15) is 0 Å². The van der Waals surface area contributed by atoms with Crippen molar-refractivity contribution >= 4 is 40.0 Å². The topological polar surface area (TPSA) is 210 Å². The maximum absolute atomic E-state index is 15.2. The van der Waals surface area contributed by atoms with Gasteiger partial charge in [0.05, 0.1) is 49.6 Å². The molecule has 2 aliphatic carbocycles. The predicted molar refractivity (Wildman–Crippen MR) is 270 cm³/mol. The number of carbonyl (C=O) groups is 2. The molecule has 1 heterocycles. The smallest absolute Gasteiger partial charge is 0.417 e. The first-order valence-electron chi connectivity index (χ1n) is 24.1. The number of amides is 2. The Morgan fingerprint density at radius 3 is 2.35 bits per heavy atom. The van der Waals surface area contributed by atoms with Crippen molar-refractivity contribution in [1.29, 1.82) is 0 Å². The molecule has 0 aromatic heterocycles. The number of fused-ring (bicyclic) bond motifs is 3. The first-order valence-corrected chi connectivity index (χ1v) is 24.1.